The first kappa shape index (κ1) is 24.3. The van der Waals surface area contributed by atoms with Crippen molar-refractivity contribution in [1.82, 2.24) is 15.3 Å². The molecule has 0 fully saturated rings. The maximum atomic E-state index is 13.2. The van der Waals surface area contributed by atoms with Gasteiger partial charge in [0.15, 0.2) is 0 Å². The summed E-state index contributed by atoms with van der Waals surface area (Å²) in [6.07, 6.45) is -0.00779. The summed E-state index contributed by atoms with van der Waals surface area (Å²) in [5.74, 6) is 0.0898. The number of alkyl halides is 3. The molecule has 6 nitrogen and oxygen atoms in total. The third-order valence-corrected chi connectivity index (χ3v) is 5.62. The van der Waals surface area contributed by atoms with E-state index in [9.17, 15) is 18.0 Å². The molecule has 0 unspecified atom stereocenters. The summed E-state index contributed by atoms with van der Waals surface area (Å²) in [7, 11) is 1.51. The number of pyridine rings is 2. The number of aromatic nitrogens is 2. The average molecular weight is 501 g/mol. The summed E-state index contributed by atoms with van der Waals surface area (Å²) in [4.78, 5) is 21.1. The molecule has 4 aromatic rings. The van der Waals surface area contributed by atoms with E-state index in [2.05, 4.69) is 20.6 Å². The molecule has 0 saturated heterocycles. The van der Waals surface area contributed by atoms with E-state index in [0.29, 0.717) is 21.8 Å². The fourth-order valence-electron chi connectivity index (χ4n) is 3.52. The van der Waals surface area contributed by atoms with Gasteiger partial charge in [-0.15, -0.1) is 0 Å². The Labute approximate surface area is 204 Å². The van der Waals surface area contributed by atoms with Gasteiger partial charge in [0.1, 0.15) is 5.75 Å². The SMILES string of the molecule is COc1ccc(CNc2c(C(=O)NCc3ccncc3)cnc3cc(C(F)(F)F)ccc23)cc1Cl. The van der Waals surface area contributed by atoms with E-state index in [0.717, 1.165) is 23.3 Å². The van der Waals surface area contributed by atoms with Gasteiger partial charge in [-0.1, -0.05) is 23.7 Å². The fourth-order valence-corrected chi connectivity index (χ4v) is 3.80. The third-order valence-electron chi connectivity index (χ3n) is 5.33. The number of rotatable bonds is 7. The van der Waals surface area contributed by atoms with Crippen LogP contribution in [0.25, 0.3) is 10.9 Å². The van der Waals surface area contributed by atoms with Crippen LogP contribution in [0.2, 0.25) is 5.02 Å². The van der Waals surface area contributed by atoms with E-state index in [1.165, 1.54) is 19.4 Å². The molecule has 0 aliphatic carbocycles. The zero-order valence-electron chi connectivity index (χ0n) is 18.5. The second-order valence-corrected chi connectivity index (χ2v) is 8.04. The number of halogens is 4. The fraction of sp³-hybridized carbons (Fsp3) is 0.160. The molecule has 10 heteroatoms. The second-order valence-electron chi connectivity index (χ2n) is 7.64. The molecule has 2 aromatic carbocycles. The van der Waals surface area contributed by atoms with Crippen LogP contribution in [0.5, 0.6) is 5.75 Å². The first-order valence-electron chi connectivity index (χ1n) is 10.5. The number of hydrogen-bond acceptors (Lipinski definition) is 5. The zero-order chi connectivity index (χ0) is 25.0. The highest BCUT2D eigenvalue weighted by Gasteiger charge is 2.31. The Morgan fingerprint density at radius 3 is 2.49 bits per heavy atom. The number of carbonyl (C=O) groups is 1. The molecule has 180 valence electrons. The lowest BCUT2D eigenvalue weighted by Gasteiger charge is -2.16. The van der Waals surface area contributed by atoms with Crippen molar-refractivity contribution in [1.29, 1.82) is 0 Å². The lowest BCUT2D eigenvalue weighted by molar-refractivity contribution is -0.137. The number of ether oxygens (including phenoxy) is 1. The number of hydrogen-bond donors (Lipinski definition) is 2. The van der Waals surface area contributed by atoms with Crippen molar-refractivity contribution in [2.45, 2.75) is 19.3 Å². The number of nitrogens with zero attached hydrogens (tertiary/aromatic N) is 2. The number of fused-ring (bicyclic) bond motifs is 1. The summed E-state index contributed by atoms with van der Waals surface area (Å²) in [6.45, 7) is 0.508. The van der Waals surface area contributed by atoms with Crippen LogP contribution in [0.3, 0.4) is 0 Å². The smallest absolute Gasteiger partial charge is 0.416 e. The Bertz CT molecular complexity index is 1360. The highest BCUT2D eigenvalue weighted by Crippen LogP contribution is 2.34. The zero-order valence-corrected chi connectivity index (χ0v) is 19.2. The molecule has 0 spiro atoms. The average Bonchev–Trinajstić information content (AvgIpc) is 2.85. The predicted molar refractivity (Wildman–Crippen MR) is 127 cm³/mol. The van der Waals surface area contributed by atoms with Gasteiger partial charge in [-0.25, -0.2) is 0 Å². The summed E-state index contributed by atoms with van der Waals surface area (Å²) in [6, 6.07) is 12.0. The molecule has 0 aliphatic rings. The molecule has 0 radical (unpaired) electrons. The highest BCUT2D eigenvalue weighted by molar-refractivity contribution is 6.32. The van der Waals surface area contributed by atoms with Crippen molar-refractivity contribution in [2.75, 3.05) is 12.4 Å². The number of carbonyl (C=O) groups excluding carboxylic acids is 1. The molecule has 4 rings (SSSR count). The minimum atomic E-state index is -4.51. The van der Waals surface area contributed by atoms with E-state index in [-0.39, 0.29) is 24.2 Å². The first-order valence-corrected chi connectivity index (χ1v) is 10.9. The van der Waals surface area contributed by atoms with Gasteiger partial charge in [0.25, 0.3) is 5.91 Å². The summed E-state index contributed by atoms with van der Waals surface area (Å²) >= 11 is 6.21. The maximum absolute atomic E-state index is 13.2. The standard InChI is InChI=1S/C25H20ClF3N4O2/c1-35-22-5-2-16(10-20(22)26)13-32-23-18-4-3-17(25(27,28)29)11-21(18)31-14-19(23)24(34)33-12-15-6-8-30-9-7-15/h2-11,14H,12-13H2,1H3,(H,31,32)(H,33,34). The van der Waals surface area contributed by atoms with Gasteiger partial charge in [0.05, 0.1) is 34.5 Å². The van der Waals surface area contributed by atoms with Crippen molar-refractivity contribution in [2.24, 2.45) is 0 Å². The molecule has 1 amide bonds. The van der Waals surface area contributed by atoms with Gasteiger partial charge in [0, 0.05) is 37.1 Å². The van der Waals surface area contributed by atoms with E-state index < -0.39 is 17.6 Å². The second kappa shape index (κ2) is 10.2. The quantitative estimate of drug-likeness (QED) is 0.333. The summed E-state index contributed by atoms with van der Waals surface area (Å²) < 4.78 is 44.8. The predicted octanol–water partition coefficient (Wildman–Crippen LogP) is 5.85. The molecule has 2 N–H and O–H groups in total. The van der Waals surface area contributed by atoms with E-state index in [1.54, 1.807) is 42.7 Å². The number of methoxy groups -OCH3 is 1. The Morgan fingerprint density at radius 2 is 1.80 bits per heavy atom. The van der Waals surface area contributed by atoms with E-state index in [4.69, 9.17) is 16.3 Å². The maximum Gasteiger partial charge on any atom is 0.416 e. The third kappa shape index (κ3) is 5.63. The lowest BCUT2D eigenvalue weighted by Crippen LogP contribution is -2.24. The van der Waals surface area contributed by atoms with Crippen LogP contribution in [-0.4, -0.2) is 23.0 Å². The minimum absolute atomic E-state index is 0.112. The Hall–Kier alpha value is -3.85. The minimum Gasteiger partial charge on any atom is -0.495 e. The normalized spacial score (nSPS) is 11.3. The van der Waals surface area contributed by atoms with Crippen LogP contribution >= 0.6 is 11.6 Å². The molecular formula is C25H20ClF3N4O2. The molecule has 2 heterocycles. The van der Waals surface area contributed by atoms with Gasteiger partial charge in [-0.05, 0) is 47.5 Å². The van der Waals surface area contributed by atoms with Crippen molar-refractivity contribution < 1.29 is 22.7 Å². The van der Waals surface area contributed by atoms with E-state index >= 15 is 0 Å². The van der Waals surface area contributed by atoms with Crippen LogP contribution in [0.15, 0.2) is 67.1 Å². The Kier molecular flexibility index (Phi) is 7.07. The van der Waals surface area contributed by atoms with Crippen LogP contribution in [0.4, 0.5) is 18.9 Å². The Balaban J connectivity index is 1.68. The van der Waals surface area contributed by atoms with Gasteiger partial charge in [-0.2, -0.15) is 13.2 Å². The molecular weight excluding hydrogens is 481 g/mol. The molecule has 0 aliphatic heterocycles. The molecule has 2 aromatic heterocycles. The van der Waals surface area contributed by atoms with Crippen LogP contribution in [0, 0.1) is 0 Å². The van der Waals surface area contributed by atoms with Crippen molar-refractivity contribution in [3.8, 4) is 5.75 Å². The van der Waals surface area contributed by atoms with Crippen LogP contribution in [-0.2, 0) is 19.3 Å². The molecule has 0 atom stereocenters. The van der Waals surface area contributed by atoms with E-state index in [1.807, 2.05) is 0 Å². The van der Waals surface area contributed by atoms with Crippen molar-refractivity contribution in [3.63, 3.8) is 0 Å². The van der Waals surface area contributed by atoms with Crippen LogP contribution in [0.1, 0.15) is 27.0 Å². The molecule has 0 saturated carbocycles. The Morgan fingerprint density at radius 1 is 1.03 bits per heavy atom. The van der Waals surface area contributed by atoms with Crippen molar-refractivity contribution in [3.05, 3.63) is 94.4 Å². The van der Waals surface area contributed by atoms with Crippen LogP contribution < -0.4 is 15.4 Å². The monoisotopic (exact) mass is 500 g/mol. The highest BCUT2D eigenvalue weighted by atomic mass is 35.5. The van der Waals surface area contributed by atoms with Gasteiger partial charge < -0.3 is 15.4 Å². The number of benzene rings is 2. The lowest BCUT2D eigenvalue weighted by atomic mass is 10.1. The van der Waals surface area contributed by atoms with Gasteiger partial charge >= 0.3 is 6.18 Å². The molecule has 0 bridgehead atoms. The number of amides is 1. The number of nitrogens with one attached hydrogen (secondary N) is 2. The summed E-state index contributed by atoms with van der Waals surface area (Å²) in [5.41, 5.74) is 1.49. The number of anilines is 1. The summed E-state index contributed by atoms with van der Waals surface area (Å²) in [5, 5.41) is 6.79. The molecule has 35 heavy (non-hydrogen) atoms. The topological polar surface area (TPSA) is 76.1 Å². The van der Waals surface area contributed by atoms with Crippen molar-refractivity contribution >= 4 is 34.1 Å². The van der Waals surface area contributed by atoms with Gasteiger partial charge in [-0.3, -0.25) is 14.8 Å². The van der Waals surface area contributed by atoms with Gasteiger partial charge in [0.2, 0.25) is 0 Å². The first-order chi connectivity index (χ1) is 16.8. The largest absolute Gasteiger partial charge is 0.495 e.